The van der Waals surface area contributed by atoms with Crippen LogP contribution in [0.3, 0.4) is 0 Å². The number of carbonyl (C=O) groups is 1. The molecule has 0 aliphatic carbocycles. The van der Waals surface area contributed by atoms with Gasteiger partial charge in [0.1, 0.15) is 5.75 Å². The fourth-order valence-electron chi connectivity index (χ4n) is 1.59. The fourth-order valence-corrected chi connectivity index (χ4v) is 1.59. The zero-order chi connectivity index (χ0) is 14.8. The Morgan fingerprint density at radius 1 is 1.05 bits per heavy atom. The van der Waals surface area contributed by atoms with E-state index in [1.54, 1.807) is 0 Å². The number of hydrogen-bond acceptors (Lipinski definition) is 2. The summed E-state index contributed by atoms with van der Waals surface area (Å²) in [5.41, 5.74) is -0.330. The van der Waals surface area contributed by atoms with E-state index < -0.39 is 17.6 Å². The number of amides is 1. The SMILES string of the molecule is O=C(Nc1ccc(C(F)(F)F)cc1)c1cccc(O)c1. The monoisotopic (exact) mass is 281 g/mol. The van der Waals surface area contributed by atoms with Gasteiger partial charge < -0.3 is 10.4 Å². The maximum Gasteiger partial charge on any atom is 0.416 e. The van der Waals surface area contributed by atoms with Gasteiger partial charge >= 0.3 is 6.18 Å². The number of aromatic hydroxyl groups is 1. The minimum absolute atomic E-state index is 0.0648. The standard InChI is InChI=1S/C14H10F3NO2/c15-14(16,17)10-4-6-11(7-5-10)18-13(20)9-2-1-3-12(19)8-9/h1-8,19H,(H,18,20). The van der Waals surface area contributed by atoms with Crippen molar-refractivity contribution in [3.63, 3.8) is 0 Å². The zero-order valence-corrected chi connectivity index (χ0v) is 10.1. The lowest BCUT2D eigenvalue weighted by Gasteiger charge is -2.09. The number of hydrogen-bond donors (Lipinski definition) is 2. The third-order valence-corrected chi connectivity index (χ3v) is 2.58. The quantitative estimate of drug-likeness (QED) is 0.882. The van der Waals surface area contributed by atoms with E-state index in [0.29, 0.717) is 0 Å². The molecule has 0 bridgehead atoms. The van der Waals surface area contributed by atoms with Crippen LogP contribution in [0.15, 0.2) is 48.5 Å². The Bertz CT molecular complexity index is 621. The Morgan fingerprint density at radius 3 is 2.25 bits per heavy atom. The van der Waals surface area contributed by atoms with Crippen molar-refractivity contribution < 1.29 is 23.1 Å². The van der Waals surface area contributed by atoms with Gasteiger partial charge in [-0.2, -0.15) is 13.2 Å². The Morgan fingerprint density at radius 2 is 1.70 bits per heavy atom. The third-order valence-electron chi connectivity index (χ3n) is 2.58. The van der Waals surface area contributed by atoms with Gasteiger partial charge in [-0.3, -0.25) is 4.79 Å². The van der Waals surface area contributed by atoms with Gasteiger partial charge in [0.05, 0.1) is 5.56 Å². The number of halogens is 3. The molecule has 0 unspecified atom stereocenters. The summed E-state index contributed by atoms with van der Waals surface area (Å²) in [7, 11) is 0. The van der Waals surface area contributed by atoms with E-state index in [0.717, 1.165) is 12.1 Å². The smallest absolute Gasteiger partial charge is 0.416 e. The number of carbonyl (C=O) groups excluding carboxylic acids is 1. The molecule has 0 aliphatic rings. The second kappa shape index (κ2) is 5.24. The summed E-state index contributed by atoms with van der Waals surface area (Å²) < 4.78 is 37.1. The van der Waals surface area contributed by atoms with Crippen LogP contribution in [0.2, 0.25) is 0 Å². The minimum atomic E-state index is -4.41. The predicted molar refractivity (Wildman–Crippen MR) is 67.5 cm³/mol. The van der Waals surface area contributed by atoms with Crippen LogP contribution >= 0.6 is 0 Å². The molecule has 2 rings (SSSR count). The number of anilines is 1. The second-order valence-corrected chi connectivity index (χ2v) is 4.08. The average molecular weight is 281 g/mol. The predicted octanol–water partition coefficient (Wildman–Crippen LogP) is 3.66. The van der Waals surface area contributed by atoms with Crippen molar-refractivity contribution in [2.75, 3.05) is 5.32 Å². The van der Waals surface area contributed by atoms with Gasteiger partial charge in [0.25, 0.3) is 5.91 Å². The number of rotatable bonds is 2. The summed E-state index contributed by atoms with van der Waals surface area (Å²) in [6.45, 7) is 0. The highest BCUT2D eigenvalue weighted by Crippen LogP contribution is 2.29. The molecule has 2 aromatic rings. The highest BCUT2D eigenvalue weighted by atomic mass is 19.4. The molecule has 0 saturated carbocycles. The molecular weight excluding hydrogens is 271 g/mol. The molecular formula is C14H10F3NO2. The maximum absolute atomic E-state index is 12.4. The van der Waals surface area contributed by atoms with Gasteiger partial charge in [0, 0.05) is 11.3 Å². The van der Waals surface area contributed by atoms with Crippen LogP contribution in [0, 0.1) is 0 Å². The van der Waals surface area contributed by atoms with Crippen LogP contribution in [0.1, 0.15) is 15.9 Å². The van der Waals surface area contributed by atoms with E-state index in [4.69, 9.17) is 0 Å². The van der Waals surface area contributed by atoms with Crippen molar-refractivity contribution in [1.82, 2.24) is 0 Å². The van der Waals surface area contributed by atoms with E-state index in [1.165, 1.54) is 36.4 Å². The number of benzene rings is 2. The first-order valence-electron chi connectivity index (χ1n) is 5.64. The molecule has 0 radical (unpaired) electrons. The van der Waals surface area contributed by atoms with E-state index in [2.05, 4.69) is 5.32 Å². The largest absolute Gasteiger partial charge is 0.508 e. The summed E-state index contributed by atoms with van der Waals surface area (Å²) in [5, 5.41) is 11.7. The van der Waals surface area contributed by atoms with Crippen LogP contribution in [0.5, 0.6) is 5.75 Å². The first kappa shape index (κ1) is 13.9. The Balaban J connectivity index is 2.12. The number of phenols is 1. The van der Waals surface area contributed by atoms with Crippen LogP contribution in [0.4, 0.5) is 18.9 Å². The molecule has 0 fully saturated rings. The van der Waals surface area contributed by atoms with Gasteiger partial charge in [-0.25, -0.2) is 0 Å². The highest BCUT2D eigenvalue weighted by Gasteiger charge is 2.29. The Labute approximate surface area is 112 Å². The lowest BCUT2D eigenvalue weighted by molar-refractivity contribution is -0.137. The lowest BCUT2D eigenvalue weighted by atomic mass is 10.1. The molecule has 0 atom stereocenters. The highest BCUT2D eigenvalue weighted by molar-refractivity contribution is 6.04. The van der Waals surface area contributed by atoms with Gasteiger partial charge in [-0.05, 0) is 42.5 Å². The van der Waals surface area contributed by atoms with Crippen LogP contribution in [-0.2, 0) is 6.18 Å². The lowest BCUT2D eigenvalue weighted by Crippen LogP contribution is -2.12. The number of alkyl halides is 3. The van der Waals surface area contributed by atoms with Crippen molar-refractivity contribution in [1.29, 1.82) is 0 Å². The molecule has 0 spiro atoms. The molecule has 20 heavy (non-hydrogen) atoms. The van der Waals surface area contributed by atoms with Crippen LogP contribution < -0.4 is 5.32 Å². The average Bonchev–Trinajstić information content (AvgIpc) is 2.38. The molecule has 3 nitrogen and oxygen atoms in total. The third kappa shape index (κ3) is 3.28. The Hall–Kier alpha value is -2.50. The second-order valence-electron chi connectivity index (χ2n) is 4.08. The van der Waals surface area contributed by atoms with E-state index in [9.17, 15) is 23.1 Å². The Kier molecular flexibility index (Phi) is 3.65. The van der Waals surface area contributed by atoms with Crippen LogP contribution in [-0.4, -0.2) is 11.0 Å². The first-order valence-corrected chi connectivity index (χ1v) is 5.64. The van der Waals surface area contributed by atoms with E-state index in [-0.39, 0.29) is 17.0 Å². The molecule has 6 heteroatoms. The van der Waals surface area contributed by atoms with Crippen molar-refractivity contribution in [3.8, 4) is 5.75 Å². The number of phenolic OH excluding ortho intramolecular Hbond substituents is 1. The summed E-state index contributed by atoms with van der Waals surface area (Å²) >= 11 is 0. The molecule has 0 aromatic heterocycles. The van der Waals surface area contributed by atoms with Gasteiger partial charge in [-0.15, -0.1) is 0 Å². The minimum Gasteiger partial charge on any atom is -0.508 e. The molecule has 0 aliphatic heterocycles. The first-order chi connectivity index (χ1) is 9.36. The van der Waals surface area contributed by atoms with E-state index >= 15 is 0 Å². The van der Waals surface area contributed by atoms with E-state index in [1.807, 2.05) is 0 Å². The van der Waals surface area contributed by atoms with Crippen molar-refractivity contribution in [2.45, 2.75) is 6.18 Å². The summed E-state index contributed by atoms with van der Waals surface area (Å²) in [6.07, 6.45) is -4.41. The zero-order valence-electron chi connectivity index (χ0n) is 10.1. The maximum atomic E-state index is 12.4. The fraction of sp³-hybridized carbons (Fsp3) is 0.0714. The normalized spacial score (nSPS) is 11.2. The van der Waals surface area contributed by atoms with Crippen molar-refractivity contribution >= 4 is 11.6 Å². The van der Waals surface area contributed by atoms with Gasteiger partial charge in [-0.1, -0.05) is 6.07 Å². The van der Waals surface area contributed by atoms with Gasteiger partial charge in [0.15, 0.2) is 0 Å². The van der Waals surface area contributed by atoms with Crippen LogP contribution in [0.25, 0.3) is 0 Å². The molecule has 2 aromatic carbocycles. The van der Waals surface area contributed by atoms with Gasteiger partial charge in [0.2, 0.25) is 0 Å². The summed E-state index contributed by atoms with van der Waals surface area (Å²) in [6, 6.07) is 9.77. The molecule has 1 amide bonds. The molecule has 0 heterocycles. The van der Waals surface area contributed by atoms with Crippen molar-refractivity contribution in [2.24, 2.45) is 0 Å². The summed E-state index contributed by atoms with van der Waals surface area (Å²) in [4.78, 5) is 11.8. The topological polar surface area (TPSA) is 49.3 Å². The summed E-state index contributed by atoms with van der Waals surface area (Å²) in [5.74, 6) is -0.578. The molecule has 104 valence electrons. The molecule has 2 N–H and O–H groups in total. The van der Waals surface area contributed by atoms with Crippen molar-refractivity contribution in [3.05, 3.63) is 59.7 Å². The number of nitrogens with one attached hydrogen (secondary N) is 1. The molecule has 0 saturated heterocycles.